The maximum Gasteiger partial charge on any atom is 0.316 e. The van der Waals surface area contributed by atoms with Crippen molar-refractivity contribution in [2.45, 2.75) is 12.1 Å². The molecule has 1 aliphatic rings. The summed E-state index contributed by atoms with van der Waals surface area (Å²) in [6, 6.07) is 2.01. The van der Waals surface area contributed by atoms with E-state index in [9.17, 15) is 0 Å². The van der Waals surface area contributed by atoms with E-state index in [-0.39, 0.29) is 12.1 Å². The number of hydrogen-bond acceptors (Lipinski definition) is 5. The highest BCUT2D eigenvalue weighted by atomic mass is 16.6. The quantitative estimate of drug-likeness (QED) is 0.671. The Morgan fingerprint density at radius 3 is 2.77 bits per heavy atom. The summed E-state index contributed by atoms with van der Waals surface area (Å²) >= 11 is 0. The number of nitrogens with zero attached hydrogens (tertiary/aromatic N) is 2. The Morgan fingerprint density at radius 2 is 2.15 bits per heavy atom. The zero-order chi connectivity index (χ0) is 9.10. The Labute approximate surface area is 75.9 Å². The van der Waals surface area contributed by atoms with Crippen LogP contribution in [0.2, 0.25) is 0 Å². The van der Waals surface area contributed by atoms with E-state index < -0.39 is 0 Å². The predicted molar refractivity (Wildman–Crippen MR) is 45.2 cm³/mol. The molecule has 70 valence electrons. The summed E-state index contributed by atoms with van der Waals surface area (Å²) in [6.07, 6.45) is 3.13. The van der Waals surface area contributed by atoms with E-state index in [2.05, 4.69) is 9.97 Å². The van der Waals surface area contributed by atoms with E-state index in [0.29, 0.717) is 19.2 Å². The molecule has 0 spiro atoms. The zero-order valence-corrected chi connectivity index (χ0v) is 7.09. The Morgan fingerprint density at radius 1 is 1.38 bits per heavy atom. The topological polar surface area (TPSA) is 70.3 Å². The minimum absolute atomic E-state index is 0.0798. The van der Waals surface area contributed by atoms with Gasteiger partial charge in [-0.2, -0.15) is 0 Å². The molecule has 0 saturated carbocycles. The van der Waals surface area contributed by atoms with Crippen LogP contribution < -0.4 is 10.5 Å². The van der Waals surface area contributed by atoms with E-state index in [4.69, 9.17) is 15.2 Å². The van der Waals surface area contributed by atoms with Crippen LogP contribution in [0.5, 0.6) is 6.01 Å². The molecule has 1 saturated heterocycles. The highest BCUT2D eigenvalue weighted by Gasteiger charge is 2.27. The van der Waals surface area contributed by atoms with Crippen LogP contribution >= 0.6 is 0 Å². The molecule has 2 heterocycles. The fourth-order valence-corrected chi connectivity index (χ4v) is 1.15. The van der Waals surface area contributed by atoms with Crippen LogP contribution in [0.4, 0.5) is 0 Å². The summed E-state index contributed by atoms with van der Waals surface area (Å²) in [5.41, 5.74) is 5.72. The molecule has 2 atom stereocenters. The van der Waals surface area contributed by atoms with E-state index in [1.165, 1.54) is 0 Å². The van der Waals surface area contributed by atoms with Gasteiger partial charge in [-0.15, -0.1) is 0 Å². The second-order valence-corrected chi connectivity index (χ2v) is 2.89. The van der Waals surface area contributed by atoms with Crippen molar-refractivity contribution in [2.75, 3.05) is 13.2 Å². The van der Waals surface area contributed by atoms with Crippen LogP contribution in [0, 0.1) is 0 Å². The first-order chi connectivity index (χ1) is 6.36. The van der Waals surface area contributed by atoms with Gasteiger partial charge >= 0.3 is 6.01 Å². The molecule has 2 unspecified atom stereocenters. The van der Waals surface area contributed by atoms with Crippen LogP contribution in [0.25, 0.3) is 0 Å². The van der Waals surface area contributed by atoms with Crippen molar-refractivity contribution in [3.63, 3.8) is 0 Å². The van der Waals surface area contributed by atoms with Crippen LogP contribution in [0.1, 0.15) is 0 Å². The number of nitrogens with two attached hydrogens (primary N) is 1. The third-order valence-electron chi connectivity index (χ3n) is 1.87. The van der Waals surface area contributed by atoms with E-state index in [0.717, 1.165) is 0 Å². The van der Waals surface area contributed by atoms with Gasteiger partial charge in [0.25, 0.3) is 0 Å². The SMILES string of the molecule is NC1COCC1Oc1ncccn1. The molecule has 1 aliphatic heterocycles. The van der Waals surface area contributed by atoms with Gasteiger partial charge in [-0.05, 0) is 6.07 Å². The second kappa shape index (κ2) is 3.68. The molecule has 0 radical (unpaired) electrons. The van der Waals surface area contributed by atoms with Gasteiger partial charge in [-0.3, -0.25) is 0 Å². The maximum atomic E-state index is 5.72. The molecule has 0 bridgehead atoms. The van der Waals surface area contributed by atoms with Crippen molar-refractivity contribution < 1.29 is 9.47 Å². The number of hydrogen-bond donors (Lipinski definition) is 1. The number of ether oxygens (including phenoxy) is 2. The summed E-state index contributed by atoms with van der Waals surface area (Å²) in [6.45, 7) is 1.05. The molecule has 5 heteroatoms. The first-order valence-electron chi connectivity index (χ1n) is 4.13. The van der Waals surface area contributed by atoms with Gasteiger partial charge in [-0.25, -0.2) is 9.97 Å². The fourth-order valence-electron chi connectivity index (χ4n) is 1.15. The molecule has 0 amide bonds. The molecule has 2 rings (SSSR count). The molecule has 13 heavy (non-hydrogen) atoms. The van der Waals surface area contributed by atoms with Crippen molar-refractivity contribution in [2.24, 2.45) is 5.73 Å². The third-order valence-corrected chi connectivity index (χ3v) is 1.87. The average Bonchev–Trinajstić information content (AvgIpc) is 2.54. The van der Waals surface area contributed by atoms with Gasteiger partial charge in [0, 0.05) is 12.4 Å². The highest BCUT2D eigenvalue weighted by molar-refractivity contribution is 4.96. The molecule has 5 nitrogen and oxygen atoms in total. The summed E-state index contributed by atoms with van der Waals surface area (Å²) in [5, 5.41) is 0. The maximum absolute atomic E-state index is 5.72. The van der Waals surface area contributed by atoms with Gasteiger partial charge in [0.2, 0.25) is 0 Å². The van der Waals surface area contributed by atoms with Crippen molar-refractivity contribution in [1.82, 2.24) is 9.97 Å². The smallest absolute Gasteiger partial charge is 0.316 e. The minimum atomic E-state index is -0.123. The molecular formula is C8H11N3O2. The van der Waals surface area contributed by atoms with Gasteiger partial charge in [0.15, 0.2) is 0 Å². The monoisotopic (exact) mass is 181 g/mol. The first-order valence-corrected chi connectivity index (χ1v) is 4.13. The first kappa shape index (κ1) is 8.40. The fraction of sp³-hybridized carbons (Fsp3) is 0.500. The second-order valence-electron chi connectivity index (χ2n) is 2.89. The number of aromatic nitrogens is 2. The lowest BCUT2D eigenvalue weighted by atomic mass is 10.2. The Balaban J connectivity index is 1.98. The zero-order valence-electron chi connectivity index (χ0n) is 7.09. The Hall–Kier alpha value is -1.20. The van der Waals surface area contributed by atoms with E-state index >= 15 is 0 Å². The Bertz CT molecular complexity index is 267. The standard InChI is InChI=1S/C8H11N3O2/c9-6-4-12-5-7(6)13-8-10-2-1-3-11-8/h1-3,6-7H,4-5,9H2. The molecule has 1 fully saturated rings. The Kier molecular flexibility index (Phi) is 2.37. The molecule has 2 N–H and O–H groups in total. The largest absolute Gasteiger partial charge is 0.456 e. The lowest BCUT2D eigenvalue weighted by molar-refractivity contribution is 0.132. The van der Waals surface area contributed by atoms with Crippen molar-refractivity contribution in [1.29, 1.82) is 0 Å². The minimum Gasteiger partial charge on any atom is -0.456 e. The number of rotatable bonds is 2. The van der Waals surface area contributed by atoms with Crippen molar-refractivity contribution in [3.05, 3.63) is 18.5 Å². The molecule has 1 aromatic rings. The normalized spacial score (nSPS) is 27.5. The lowest BCUT2D eigenvalue weighted by Gasteiger charge is -2.13. The molecule has 0 aliphatic carbocycles. The van der Waals surface area contributed by atoms with Crippen LogP contribution in [0.15, 0.2) is 18.5 Å². The van der Waals surface area contributed by atoms with Crippen molar-refractivity contribution >= 4 is 0 Å². The molecular weight excluding hydrogens is 170 g/mol. The van der Waals surface area contributed by atoms with Gasteiger partial charge < -0.3 is 15.2 Å². The predicted octanol–water partition coefficient (Wildman–Crippen LogP) is -0.419. The average molecular weight is 181 g/mol. The van der Waals surface area contributed by atoms with Crippen LogP contribution in [-0.2, 0) is 4.74 Å². The van der Waals surface area contributed by atoms with Gasteiger partial charge in [0.05, 0.1) is 19.3 Å². The molecule has 0 aromatic carbocycles. The van der Waals surface area contributed by atoms with Crippen LogP contribution in [-0.4, -0.2) is 35.3 Å². The van der Waals surface area contributed by atoms with Gasteiger partial charge in [-0.1, -0.05) is 0 Å². The summed E-state index contributed by atoms with van der Waals surface area (Å²) in [7, 11) is 0. The van der Waals surface area contributed by atoms with E-state index in [1.54, 1.807) is 18.5 Å². The van der Waals surface area contributed by atoms with Crippen LogP contribution in [0.3, 0.4) is 0 Å². The van der Waals surface area contributed by atoms with Crippen molar-refractivity contribution in [3.8, 4) is 6.01 Å². The lowest BCUT2D eigenvalue weighted by Crippen LogP contribution is -2.37. The molecule has 1 aromatic heterocycles. The summed E-state index contributed by atoms with van der Waals surface area (Å²) in [5.74, 6) is 0. The highest BCUT2D eigenvalue weighted by Crippen LogP contribution is 2.10. The van der Waals surface area contributed by atoms with Gasteiger partial charge in [0.1, 0.15) is 6.10 Å². The summed E-state index contributed by atoms with van der Waals surface area (Å²) in [4.78, 5) is 7.86. The van der Waals surface area contributed by atoms with E-state index in [1.807, 2.05) is 0 Å². The third kappa shape index (κ3) is 1.93. The summed E-state index contributed by atoms with van der Waals surface area (Å²) < 4.78 is 10.6.